The van der Waals surface area contributed by atoms with E-state index in [4.69, 9.17) is 0 Å². The minimum absolute atomic E-state index is 0.0860. The lowest BCUT2D eigenvalue weighted by Crippen LogP contribution is -2.09. The molecule has 0 aliphatic heterocycles. The second-order valence-corrected chi connectivity index (χ2v) is 7.64. The van der Waals surface area contributed by atoms with Gasteiger partial charge in [-0.15, -0.1) is 11.3 Å². The minimum atomic E-state index is -0.0860. The Labute approximate surface area is 137 Å². The summed E-state index contributed by atoms with van der Waals surface area (Å²) >= 11 is 8.23. The predicted octanol–water partition coefficient (Wildman–Crippen LogP) is 5.68. The zero-order valence-corrected chi connectivity index (χ0v) is 14.2. The summed E-state index contributed by atoms with van der Waals surface area (Å²) in [6.07, 6.45) is 0. The molecule has 0 bridgehead atoms. The van der Waals surface area contributed by atoms with Crippen LogP contribution in [-0.4, -0.2) is 5.91 Å². The Morgan fingerprint density at radius 2 is 1.70 bits per heavy atom. The molecule has 0 fully saturated rings. The first kappa shape index (κ1) is 13.8. The predicted molar refractivity (Wildman–Crippen MR) is 91.6 cm³/mol. The van der Waals surface area contributed by atoms with Gasteiger partial charge in [0.15, 0.2) is 0 Å². The first-order valence-electron chi connectivity index (χ1n) is 5.88. The van der Waals surface area contributed by atoms with Gasteiger partial charge in [0.25, 0.3) is 5.91 Å². The third-order valence-electron chi connectivity index (χ3n) is 2.86. The maximum atomic E-state index is 12.1. The molecule has 2 nitrogen and oxygen atoms in total. The van der Waals surface area contributed by atoms with Gasteiger partial charge in [0, 0.05) is 10.2 Å². The second kappa shape index (κ2) is 5.68. The smallest absolute Gasteiger partial charge is 0.265 e. The number of nitrogens with one attached hydrogen (secondary N) is 1. The van der Waals surface area contributed by atoms with E-state index >= 15 is 0 Å². The maximum Gasteiger partial charge on any atom is 0.265 e. The summed E-state index contributed by atoms with van der Waals surface area (Å²) < 4.78 is 2.00. The standard InChI is InChI=1S/C15H9Br2NOS/c16-11-3-1-10-8-12(4-2-9(10)7-11)18-15(19)13-5-6-14(17)20-13/h1-8H,(H,18,19). The fourth-order valence-electron chi connectivity index (χ4n) is 1.92. The van der Waals surface area contributed by atoms with Crippen molar-refractivity contribution in [3.8, 4) is 0 Å². The lowest BCUT2D eigenvalue weighted by atomic mass is 10.1. The fourth-order valence-corrected chi connectivity index (χ4v) is 3.58. The lowest BCUT2D eigenvalue weighted by Gasteiger charge is -2.05. The lowest BCUT2D eigenvalue weighted by molar-refractivity contribution is 0.103. The number of benzene rings is 2. The average molecular weight is 411 g/mol. The molecule has 0 saturated heterocycles. The number of carbonyl (C=O) groups is 1. The van der Waals surface area contributed by atoms with Gasteiger partial charge in [-0.1, -0.05) is 28.1 Å². The first-order chi connectivity index (χ1) is 9.61. The third-order valence-corrected chi connectivity index (χ3v) is 4.97. The Morgan fingerprint density at radius 1 is 0.950 bits per heavy atom. The van der Waals surface area contributed by atoms with E-state index in [0.717, 1.165) is 24.7 Å². The molecule has 0 spiro atoms. The van der Waals surface area contributed by atoms with Gasteiger partial charge in [-0.2, -0.15) is 0 Å². The topological polar surface area (TPSA) is 29.1 Å². The van der Waals surface area contributed by atoms with Gasteiger partial charge in [-0.05, 0) is 63.1 Å². The number of fused-ring (bicyclic) bond motifs is 1. The number of rotatable bonds is 2. The van der Waals surface area contributed by atoms with Crippen LogP contribution in [0.15, 0.2) is 56.8 Å². The van der Waals surface area contributed by atoms with Gasteiger partial charge in [0.05, 0.1) is 8.66 Å². The molecule has 2 aromatic carbocycles. The number of carbonyl (C=O) groups excluding carboxylic acids is 1. The molecule has 3 rings (SSSR count). The van der Waals surface area contributed by atoms with Crippen LogP contribution in [0.5, 0.6) is 0 Å². The van der Waals surface area contributed by atoms with Crippen molar-refractivity contribution < 1.29 is 4.79 Å². The number of halogens is 2. The summed E-state index contributed by atoms with van der Waals surface area (Å²) in [5.74, 6) is -0.0860. The monoisotopic (exact) mass is 409 g/mol. The van der Waals surface area contributed by atoms with Gasteiger partial charge >= 0.3 is 0 Å². The minimum Gasteiger partial charge on any atom is -0.321 e. The highest BCUT2D eigenvalue weighted by Gasteiger charge is 2.09. The Bertz CT molecular complexity index is 797. The summed E-state index contributed by atoms with van der Waals surface area (Å²) in [5, 5.41) is 5.15. The molecule has 0 saturated carbocycles. The Hall–Kier alpha value is -1.17. The number of hydrogen-bond acceptors (Lipinski definition) is 2. The van der Waals surface area contributed by atoms with E-state index in [2.05, 4.69) is 43.2 Å². The van der Waals surface area contributed by atoms with Gasteiger partial charge in [0.2, 0.25) is 0 Å². The van der Waals surface area contributed by atoms with E-state index in [0.29, 0.717) is 4.88 Å². The molecule has 0 aliphatic rings. The molecule has 0 atom stereocenters. The summed E-state index contributed by atoms with van der Waals surface area (Å²) in [6, 6.07) is 15.6. The molecule has 1 aromatic heterocycles. The number of thiophene rings is 1. The largest absolute Gasteiger partial charge is 0.321 e. The number of anilines is 1. The van der Waals surface area contributed by atoms with E-state index in [1.807, 2.05) is 42.5 Å². The van der Waals surface area contributed by atoms with E-state index in [1.165, 1.54) is 11.3 Å². The molecule has 0 radical (unpaired) electrons. The SMILES string of the molecule is O=C(Nc1ccc2cc(Br)ccc2c1)c1ccc(Br)s1. The van der Waals surface area contributed by atoms with Crippen molar-refractivity contribution in [2.75, 3.05) is 5.32 Å². The Kier molecular flexibility index (Phi) is 3.92. The van der Waals surface area contributed by atoms with Crippen LogP contribution in [0.1, 0.15) is 9.67 Å². The van der Waals surface area contributed by atoms with Crippen molar-refractivity contribution >= 4 is 65.6 Å². The molecule has 1 amide bonds. The zero-order valence-electron chi connectivity index (χ0n) is 10.2. The van der Waals surface area contributed by atoms with E-state index in [1.54, 1.807) is 0 Å². The number of hydrogen-bond donors (Lipinski definition) is 1. The van der Waals surface area contributed by atoms with Gasteiger partial charge < -0.3 is 5.32 Å². The molecular formula is C15H9Br2NOS. The fraction of sp³-hybridized carbons (Fsp3) is 0. The summed E-state index contributed by atoms with van der Waals surface area (Å²) in [5.41, 5.74) is 0.800. The summed E-state index contributed by atoms with van der Waals surface area (Å²) in [7, 11) is 0. The molecule has 0 aliphatic carbocycles. The highest BCUT2D eigenvalue weighted by atomic mass is 79.9. The summed E-state index contributed by atoms with van der Waals surface area (Å²) in [6.45, 7) is 0. The molecule has 1 N–H and O–H groups in total. The van der Waals surface area contributed by atoms with Gasteiger partial charge in [-0.25, -0.2) is 0 Å². The zero-order chi connectivity index (χ0) is 14.1. The molecule has 3 aromatic rings. The Balaban J connectivity index is 1.87. The maximum absolute atomic E-state index is 12.1. The molecule has 100 valence electrons. The molecular weight excluding hydrogens is 402 g/mol. The van der Waals surface area contributed by atoms with Crippen molar-refractivity contribution in [3.63, 3.8) is 0 Å². The van der Waals surface area contributed by atoms with Crippen molar-refractivity contribution in [3.05, 3.63) is 61.7 Å². The quantitative estimate of drug-likeness (QED) is 0.578. The van der Waals surface area contributed by atoms with Crippen LogP contribution in [0.25, 0.3) is 10.8 Å². The molecule has 20 heavy (non-hydrogen) atoms. The van der Waals surface area contributed by atoms with Crippen molar-refractivity contribution in [1.29, 1.82) is 0 Å². The van der Waals surface area contributed by atoms with Crippen LogP contribution >= 0.6 is 43.2 Å². The average Bonchev–Trinajstić information content (AvgIpc) is 2.86. The normalized spacial score (nSPS) is 10.7. The number of amides is 1. The second-order valence-electron chi connectivity index (χ2n) is 4.26. The molecule has 5 heteroatoms. The van der Waals surface area contributed by atoms with E-state index in [9.17, 15) is 4.79 Å². The third kappa shape index (κ3) is 2.95. The van der Waals surface area contributed by atoms with Crippen LogP contribution in [0.2, 0.25) is 0 Å². The van der Waals surface area contributed by atoms with Crippen LogP contribution in [0.4, 0.5) is 5.69 Å². The first-order valence-corrected chi connectivity index (χ1v) is 8.28. The van der Waals surface area contributed by atoms with Crippen LogP contribution in [0.3, 0.4) is 0 Å². The highest BCUT2D eigenvalue weighted by molar-refractivity contribution is 9.11. The molecule has 1 heterocycles. The van der Waals surface area contributed by atoms with Crippen molar-refractivity contribution in [1.82, 2.24) is 0 Å². The summed E-state index contributed by atoms with van der Waals surface area (Å²) in [4.78, 5) is 12.8. The van der Waals surface area contributed by atoms with Crippen molar-refractivity contribution in [2.45, 2.75) is 0 Å². The van der Waals surface area contributed by atoms with Crippen LogP contribution in [0, 0.1) is 0 Å². The molecule has 0 unspecified atom stereocenters. The highest BCUT2D eigenvalue weighted by Crippen LogP contribution is 2.25. The Morgan fingerprint density at radius 3 is 2.45 bits per heavy atom. The van der Waals surface area contributed by atoms with Gasteiger partial charge in [0.1, 0.15) is 0 Å². The van der Waals surface area contributed by atoms with E-state index in [-0.39, 0.29) is 5.91 Å². The van der Waals surface area contributed by atoms with Crippen molar-refractivity contribution in [2.24, 2.45) is 0 Å². The van der Waals surface area contributed by atoms with E-state index < -0.39 is 0 Å². The van der Waals surface area contributed by atoms with Crippen LogP contribution in [-0.2, 0) is 0 Å². The van der Waals surface area contributed by atoms with Crippen LogP contribution < -0.4 is 5.32 Å². The van der Waals surface area contributed by atoms with Gasteiger partial charge in [-0.3, -0.25) is 4.79 Å².